The van der Waals surface area contributed by atoms with Gasteiger partial charge in [0.05, 0.1) is 0 Å². The number of ether oxygens (including phenoxy) is 1. The molecule has 5 heteroatoms. The van der Waals surface area contributed by atoms with Crippen LogP contribution in [0.3, 0.4) is 0 Å². The molecule has 0 aromatic heterocycles. The second-order valence-electron chi connectivity index (χ2n) is 4.26. The first-order chi connectivity index (χ1) is 8.34. The summed E-state index contributed by atoms with van der Waals surface area (Å²) >= 11 is 6.85. The molecule has 1 rings (SSSR count). The molecule has 3 nitrogen and oxygen atoms in total. The Bertz CT molecular complexity index is 435. The average Bonchev–Trinajstić information content (AvgIpc) is 2.36. The molecule has 18 heavy (non-hydrogen) atoms. The number of hydrogen-bond acceptors (Lipinski definition) is 4. The zero-order valence-corrected chi connectivity index (χ0v) is 12.8. The van der Waals surface area contributed by atoms with Crippen LogP contribution in [0.1, 0.15) is 27.7 Å². The maximum atomic E-state index is 12.3. The summed E-state index contributed by atoms with van der Waals surface area (Å²) in [6.45, 7) is 7.09. The molecule has 0 aromatic carbocycles. The van der Waals surface area contributed by atoms with Gasteiger partial charge in [-0.3, -0.25) is 4.79 Å². The number of carbonyl (C=O) groups is 2. The predicted octanol–water partition coefficient (Wildman–Crippen LogP) is 3.08. The number of thioether (sulfide) groups is 1. The van der Waals surface area contributed by atoms with Crippen LogP contribution in [0.25, 0.3) is 0 Å². The number of halogens is 1. The lowest BCUT2D eigenvalue weighted by atomic mass is 9.78. The van der Waals surface area contributed by atoms with E-state index in [1.165, 1.54) is 11.8 Å². The third-order valence-corrected chi connectivity index (χ3v) is 5.14. The van der Waals surface area contributed by atoms with Crippen LogP contribution < -0.4 is 0 Å². The van der Waals surface area contributed by atoms with E-state index in [0.29, 0.717) is 11.1 Å². The summed E-state index contributed by atoms with van der Waals surface area (Å²) in [5.41, 5.74) is 2.69. The van der Waals surface area contributed by atoms with Crippen LogP contribution in [0, 0.1) is 0 Å². The molecule has 0 amide bonds. The standard InChI is InChI=1S/C13H17ClO3S/c1-7-9(3)13(18-5,12(16)17-6-14)10(4)8(2)11(7)15/h6H2,1-5H3. The Hall–Kier alpha value is -0.740. The van der Waals surface area contributed by atoms with Gasteiger partial charge in [-0.1, -0.05) is 11.6 Å². The molecule has 0 saturated heterocycles. The quantitative estimate of drug-likeness (QED) is 0.591. The van der Waals surface area contributed by atoms with Crippen molar-refractivity contribution >= 4 is 35.1 Å². The summed E-state index contributed by atoms with van der Waals surface area (Å²) in [7, 11) is 0. The number of hydrogen-bond donors (Lipinski definition) is 0. The normalized spacial score (nSPS) is 19.3. The Morgan fingerprint density at radius 1 is 1.22 bits per heavy atom. The number of carbonyl (C=O) groups excluding carboxylic acids is 2. The topological polar surface area (TPSA) is 43.4 Å². The van der Waals surface area contributed by atoms with Gasteiger partial charge in [0.1, 0.15) is 0 Å². The van der Waals surface area contributed by atoms with Gasteiger partial charge in [-0.05, 0) is 56.2 Å². The van der Waals surface area contributed by atoms with Crippen LogP contribution in [0.4, 0.5) is 0 Å². The van der Waals surface area contributed by atoms with E-state index in [1.807, 2.05) is 6.26 Å². The van der Waals surface area contributed by atoms with Gasteiger partial charge >= 0.3 is 5.97 Å². The fraction of sp³-hybridized carbons (Fsp3) is 0.538. The van der Waals surface area contributed by atoms with Crippen molar-refractivity contribution in [3.63, 3.8) is 0 Å². The molecule has 0 unspecified atom stereocenters. The second-order valence-corrected chi connectivity index (χ2v) is 5.49. The van der Waals surface area contributed by atoms with Crippen molar-refractivity contribution in [3.05, 3.63) is 22.3 Å². The molecule has 1 aliphatic carbocycles. The van der Waals surface area contributed by atoms with Crippen molar-refractivity contribution in [2.75, 3.05) is 12.3 Å². The molecule has 0 aromatic rings. The number of rotatable bonds is 3. The highest BCUT2D eigenvalue weighted by Gasteiger charge is 2.48. The van der Waals surface area contributed by atoms with Crippen LogP contribution in [0.2, 0.25) is 0 Å². The summed E-state index contributed by atoms with van der Waals surface area (Å²) < 4.78 is 4.05. The van der Waals surface area contributed by atoms with Gasteiger partial charge in [-0.2, -0.15) is 0 Å². The highest BCUT2D eigenvalue weighted by molar-refractivity contribution is 8.01. The Morgan fingerprint density at radius 2 is 1.67 bits per heavy atom. The molecule has 0 N–H and O–H groups in total. The van der Waals surface area contributed by atoms with Crippen LogP contribution in [-0.2, 0) is 14.3 Å². The monoisotopic (exact) mass is 288 g/mol. The smallest absolute Gasteiger partial charge is 0.331 e. The van der Waals surface area contributed by atoms with E-state index in [9.17, 15) is 9.59 Å². The third kappa shape index (κ3) is 2.01. The zero-order valence-electron chi connectivity index (χ0n) is 11.2. The van der Waals surface area contributed by atoms with Crippen molar-refractivity contribution in [2.24, 2.45) is 0 Å². The summed E-state index contributed by atoms with van der Waals surface area (Å²) in [4.78, 5) is 24.3. The second kappa shape index (κ2) is 5.49. The molecule has 0 atom stereocenters. The van der Waals surface area contributed by atoms with Gasteiger partial charge in [0.25, 0.3) is 0 Å². The first-order valence-electron chi connectivity index (χ1n) is 5.53. The molecule has 0 radical (unpaired) electrons. The minimum atomic E-state index is -0.920. The molecular weight excluding hydrogens is 272 g/mol. The van der Waals surface area contributed by atoms with Gasteiger partial charge in [0, 0.05) is 0 Å². The molecule has 0 heterocycles. The SMILES string of the molecule is CSC1(C(=O)OCCl)C(C)=C(C)C(=O)C(C)=C1C. The van der Waals surface area contributed by atoms with E-state index in [-0.39, 0.29) is 11.8 Å². The van der Waals surface area contributed by atoms with Crippen LogP contribution >= 0.6 is 23.4 Å². The number of ketones is 1. The Morgan fingerprint density at radius 3 is 2.00 bits per heavy atom. The predicted molar refractivity (Wildman–Crippen MR) is 74.8 cm³/mol. The summed E-state index contributed by atoms with van der Waals surface area (Å²) in [5.74, 6) is -0.417. The van der Waals surface area contributed by atoms with Gasteiger partial charge in [0.15, 0.2) is 16.6 Å². The van der Waals surface area contributed by atoms with Crippen molar-refractivity contribution in [2.45, 2.75) is 32.4 Å². The average molecular weight is 289 g/mol. The third-order valence-electron chi connectivity index (χ3n) is 3.64. The van der Waals surface area contributed by atoms with E-state index < -0.39 is 10.7 Å². The fourth-order valence-electron chi connectivity index (χ4n) is 2.28. The van der Waals surface area contributed by atoms with Crippen LogP contribution in [-0.4, -0.2) is 28.8 Å². The fourth-order valence-corrected chi connectivity index (χ4v) is 3.52. The van der Waals surface area contributed by atoms with E-state index in [2.05, 4.69) is 0 Å². The Balaban J connectivity index is 3.50. The molecule has 0 bridgehead atoms. The largest absolute Gasteiger partial charge is 0.448 e. The maximum absolute atomic E-state index is 12.3. The van der Waals surface area contributed by atoms with Crippen LogP contribution in [0.5, 0.6) is 0 Å². The minimum Gasteiger partial charge on any atom is -0.448 e. The van der Waals surface area contributed by atoms with Crippen molar-refractivity contribution < 1.29 is 14.3 Å². The lowest BCUT2D eigenvalue weighted by Crippen LogP contribution is -2.43. The number of allylic oxidation sites excluding steroid dienone is 2. The van der Waals surface area contributed by atoms with E-state index in [4.69, 9.17) is 16.3 Å². The van der Waals surface area contributed by atoms with Gasteiger partial charge in [-0.25, -0.2) is 4.79 Å². The number of Topliss-reactive ketones (excluding diaryl/α,β-unsaturated/α-hetero) is 1. The molecule has 0 aliphatic heterocycles. The number of esters is 1. The van der Waals surface area contributed by atoms with Gasteiger partial charge in [0.2, 0.25) is 0 Å². The summed E-state index contributed by atoms with van der Waals surface area (Å²) in [6.07, 6.45) is 1.83. The first kappa shape index (κ1) is 15.3. The van der Waals surface area contributed by atoms with Crippen molar-refractivity contribution in [1.82, 2.24) is 0 Å². The van der Waals surface area contributed by atoms with Crippen LogP contribution in [0.15, 0.2) is 22.3 Å². The minimum absolute atomic E-state index is 0.00616. The molecule has 100 valence electrons. The molecule has 0 fully saturated rings. The highest BCUT2D eigenvalue weighted by atomic mass is 35.5. The molecule has 1 aliphatic rings. The Kier molecular flexibility index (Phi) is 4.67. The lowest BCUT2D eigenvalue weighted by molar-refractivity contribution is -0.142. The van der Waals surface area contributed by atoms with Crippen molar-refractivity contribution in [1.29, 1.82) is 0 Å². The van der Waals surface area contributed by atoms with Gasteiger partial charge < -0.3 is 4.74 Å². The van der Waals surface area contributed by atoms with E-state index >= 15 is 0 Å². The Labute approximate surface area is 117 Å². The van der Waals surface area contributed by atoms with Gasteiger partial charge in [-0.15, -0.1) is 11.8 Å². The maximum Gasteiger partial charge on any atom is 0.331 e. The molecule has 0 saturated carbocycles. The summed E-state index contributed by atoms with van der Waals surface area (Å²) in [6, 6.07) is -0.187. The summed E-state index contributed by atoms with van der Waals surface area (Å²) in [5, 5.41) is 0. The molecular formula is C13H17ClO3S. The molecule has 0 spiro atoms. The van der Waals surface area contributed by atoms with Crippen molar-refractivity contribution in [3.8, 4) is 0 Å². The van der Waals surface area contributed by atoms with E-state index in [1.54, 1.807) is 27.7 Å². The van der Waals surface area contributed by atoms with E-state index in [0.717, 1.165) is 11.1 Å². The lowest BCUT2D eigenvalue weighted by Gasteiger charge is -2.36. The highest BCUT2D eigenvalue weighted by Crippen LogP contribution is 2.45. The first-order valence-corrected chi connectivity index (χ1v) is 7.29. The number of alkyl halides is 1. The zero-order chi connectivity index (χ0) is 14.1.